The van der Waals surface area contributed by atoms with Crippen LogP contribution in [-0.2, 0) is 6.42 Å². The van der Waals surface area contributed by atoms with Crippen molar-refractivity contribution in [3.63, 3.8) is 0 Å². The van der Waals surface area contributed by atoms with Gasteiger partial charge in [-0.3, -0.25) is 0 Å². The van der Waals surface area contributed by atoms with Gasteiger partial charge < -0.3 is 10.4 Å². The van der Waals surface area contributed by atoms with Crippen LogP contribution >= 0.6 is 12.4 Å². The molecule has 0 spiro atoms. The van der Waals surface area contributed by atoms with E-state index in [1.165, 1.54) is 33.0 Å². The summed E-state index contributed by atoms with van der Waals surface area (Å²) in [6.45, 7) is 5.13. The molecule has 2 N–H and O–H groups in total. The summed E-state index contributed by atoms with van der Waals surface area (Å²) in [5.74, 6) is 0.0333. The van der Waals surface area contributed by atoms with E-state index in [1.807, 2.05) is 13.0 Å². The average molecular weight is 500 g/mol. The Balaban J connectivity index is 0.00000304. The molecular formula is C32H34ClNO2. The number of hydrogen-bond acceptors (Lipinski definition) is 2. The molecule has 0 bridgehead atoms. The standard InChI is InChI=1S/C32H33NO2.ClH/c1-21-18-26(14-15-27(21)32(34)35)31-20-23(19-25-9-4-6-12-30(25)31)16-17-33-22(2)28-13-7-10-24-8-3-5-11-29(24)28;/h3-15,18,22-23,31,33H,16-17,19-20H2,1-2H3,(H,34,35);1H/t22-,23?,31?;/m1./s1. The second-order valence-electron chi connectivity index (χ2n) is 9.97. The summed E-state index contributed by atoms with van der Waals surface area (Å²) in [6.07, 6.45) is 3.31. The number of carboxylic acids is 1. The summed E-state index contributed by atoms with van der Waals surface area (Å²) < 4.78 is 0. The van der Waals surface area contributed by atoms with Crippen LogP contribution < -0.4 is 5.32 Å². The van der Waals surface area contributed by atoms with Gasteiger partial charge in [0.25, 0.3) is 0 Å². The van der Waals surface area contributed by atoms with Gasteiger partial charge in [-0.1, -0.05) is 78.9 Å². The van der Waals surface area contributed by atoms with Crippen LogP contribution in [0, 0.1) is 12.8 Å². The van der Waals surface area contributed by atoms with Crippen molar-refractivity contribution in [3.05, 3.63) is 118 Å². The molecule has 2 unspecified atom stereocenters. The summed E-state index contributed by atoms with van der Waals surface area (Å²) in [7, 11) is 0. The largest absolute Gasteiger partial charge is 0.478 e. The zero-order valence-electron chi connectivity index (χ0n) is 20.9. The highest BCUT2D eigenvalue weighted by Crippen LogP contribution is 2.40. The van der Waals surface area contributed by atoms with Crippen molar-refractivity contribution in [2.45, 2.75) is 45.1 Å². The summed E-state index contributed by atoms with van der Waals surface area (Å²) in [5, 5.41) is 15.8. The molecule has 0 aromatic heterocycles. The third-order valence-electron chi connectivity index (χ3n) is 7.68. The third kappa shape index (κ3) is 5.33. The van der Waals surface area contributed by atoms with E-state index in [0.717, 1.165) is 31.4 Å². The molecule has 0 radical (unpaired) electrons. The van der Waals surface area contributed by atoms with Gasteiger partial charge in [0.2, 0.25) is 0 Å². The highest BCUT2D eigenvalue weighted by atomic mass is 35.5. The Morgan fingerprint density at radius 1 is 1.00 bits per heavy atom. The van der Waals surface area contributed by atoms with Gasteiger partial charge in [-0.25, -0.2) is 4.79 Å². The number of fused-ring (bicyclic) bond motifs is 2. The van der Waals surface area contributed by atoms with Crippen LogP contribution in [0.1, 0.15) is 69.9 Å². The Kier molecular flexibility index (Phi) is 8.13. The normalized spacial score (nSPS) is 17.7. The third-order valence-corrected chi connectivity index (χ3v) is 7.68. The van der Waals surface area contributed by atoms with E-state index in [2.05, 4.69) is 85.0 Å². The van der Waals surface area contributed by atoms with Gasteiger partial charge in [-0.15, -0.1) is 12.4 Å². The molecule has 3 nitrogen and oxygen atoms in total. The molecule has 186 valence electrons. The lowest BCUT2D eigenvalue weighted by atomic mass is 9.72. The Hall–Kier alpha value is -3.14. The first-order valence-corrected chi connectivity index (χ1v) is 12.6. The highest BCUT2D eigenvalue weighted by Gasteiger charge is 2.28. The minimum absolute atomic E-state index is 0. The first-order valence-electron chi connectivity index (χ1n) is 12.6. The van der Waals surface area contributed by atoms with Crippen molar-refractivity contribution in [2.24, 2.45) is 5.92 Å². The minimum Gasteiger partial charge on any atom is -0.478 e. The van der Waals surface area contributed by atoms with Crippen LogP contribution in [0.2, 0.25) is 0 Å². The molecule has 0 fully saturated rings. The fraction of sp³-hybridized carbons (Fsp3) is 0.281. The first kappa shape index (κ1) is 25.9. The SMILES string of the molecule is Cc1cc(C2CC(CCN[C@H](C)c3cccc4ccccc34)Cc3ccccc32)ccc1C(=O)O.Cl. The Morgan fingerprint density at radius 3 is 2.56 bits per heavy atom. The molecular weight excluding hydrogens is 466 g/mol. The fourth-order valence-electron chi connectivity index (χ4n) is 5.84. The second-order valence-corrected chi connectivity index (χ2v) is 9.97. The van der Waals surface area contributed by atoms with Gasteiger partial charge >= 0.3 is 5.97 Å². The highest BCUT2D eigenvalue weighted by molar-refractivity contribution is 5.89. The average Bonchev–Trinajstić information content (AvgIpc) is 2.87. The number of carbonyl (C=O) groups is 1. The Labute approximate surface area is 220 Å². The number of hydrogen-bond donors (Lipinski definition) is 2. The van der Waals surface area contributed by atoms with Crippen LogP contribution in [0.5, 0.6) is 0 Å². The molecule has 0 amide bonds. The lowest BCUT2D eigenvalue weighted by Gasteiger charge is -2.33. The van der Waals surface area contributed by atoms with Crippen molar-refractivity contribution in [1.82, 2.24) is 5.32 Å². The maximum atomic E-state index is 11.5. The van der Waals surface area contributed by atoms with Gasteiger partial charge in [-0.05, 0) is 90.2 Å². The summed E-state index contributed by atoms with van der Waals surface area (Å²) in [4.78, 5) is 11.5. The van der Waals surface area contributed by atoms with Gasteiger partial charge in [-0.2, -0.15) is 0 Å². The van der Waals surface area contributed by atoms with Crippen molar-refractivity contribution >= 4 is 29.1 Å². The number of benzene rings is 4. The van der Waals surface area contributed by atoms with Crippen LogP contribution in [0.25, 0.3) is 10.8 Å². The number of nitrogens with one attached hydrogen (secondary N) is 1. The van der Waals surface area contributed by atoms with Crippen LogP contribution in [0.3, 0.4) is 0 Å². The topological polar surface area (TPSA) is 49.3 Å². The molecule has 4 heteroatoms. The maximum Gasteiger partial charge on any atom is 0.335 e. The fourth-order valence-corrected chi connectivity index (χ4v) is 5.84. The summed E-state index contributed by atoms with van der Waals surface area (Å²) >= 11 is 0. The lowest BCUT2D eigenvalue weighted by Crippen LogP contribution is -2.26. The number of halogens is 1. The molecule has 0 saturated carbocycles. The molecule has 4 aromatic carbocycles. The minimum atomic E-state index is -0.859. The van der Waals surface area contributed by atoms with Crippen molar-refractivity contribution in [2.75, 3.05) is 6.54 Å². The van der Waals surface area contributed by atoms with Gasteiger partial charge in [0.1, 0.15) is 0 Å². The molecule has 3 atom stereocenters. The number of carboxylic acid groups (broad SMARTS) is 1. The van der Waals surface area contributed by atoms with Crippen molar-refractivity contribution in [1.29, 1.82) is 0 Å². The van der Waals surface area contributed by atoms with Gasteiger partial charge in [0.05, 0.1) is 5.56 Å². The summed E-state index contributed by atoms with van der Waals surface area (Å²) in [6, 6.07) is 30.1. The molecule has 1 aliphatic carbocycles. The molecule has 0 heterocycles. The van der Waals surface area contributed by atoms with Gasteiger partial charge in [0, 0.05) is 12.0 Å². The number of aromatic carboxylic acids is 1. The Morgan fingerprint density at radius 2 is 1.75 bits per heavy atom. The number of aryl methyl sites for hydroxylation is 1. The van der Waals surface area contributed by atoms with Crippen LogP contribution in [0.4, 0.5) is 0 Å². The van der Waals surface area contributed by atoms with Crippen LogP contribution in [0.15, 0.2) is 84.9 Å². The first-order chi connectivity index (χ1) is 17.0. The van der Waals surface area contributed by atoms with E-state index in [4.69, 9.17) is 0 Å². The van der Waals surface area contributed by atoms with Crippen molar-refractivity contribution < 1.29 is 9.90 Å². The smallest absolute Gasteiger partial charge is 0.335 e. The zero-order chi connectivity index (χ0) is 24.4. The van der Waals surface area contributed by atoms with E-state index in [9.17, 15) is 9.90 Å². The molecule has 4 aromatic rings. The lowest BCUT2D eigenvalue weighted by molar-refractivity contribution is 0.0696. The second kappa shape index (κ2) is 11.3. The maximum absolute atomic E-state index is 11.5. The van der Waals surface area contributed by atoms with E-state index in [-0.39, 0.29) is 12.4 Å². The Bertz CT molecular complexity index is 1360. The molecule has 5 rings (SSSR count). The van der Waals surface area contributed by atoms with Crippen LogP contribution in [-0.4, -0.2) is 17.6 Å². The predicted molar refractivity (Wildman–Crippen MR) is 150 cm³/mol. The monoisotopic (exact) mass is 499 g/mol. The molecule has 0 saturated heterocycles. The molecule has 1 aliphatic rings. The predicted octanol–water partition coefficient (Wildman–Crippen LogP) is 7.70. The zero-order valence-corrected chi connectivity index (χ0v) is 21.7. The van der Waals surface area contributed by atoms with Gasteiger partial charge in [0.15, 0.2) is 0 Å². The molecule has 36 heavy (non-hydrogen) atoms. The molecule has 0 aliphatic heterocycles. The quantitative estimate of drug-likeness (QED) is 0.274. The van der Waals surface area contributed by atoms with E-state index >= 15 is 0 Å². The number of rotatable bonds is 7. The van der Waals surface area contributed by atoms with E-state index < -0.39 is 5.97 Å². The summed E-state index contributed by atoms with van der Waals surface area (Å²) in [5.41, 5.74) is 6.62. The van der Waals surface area contributed by atoms with E-state index in [1.54, 1.807) is 6.07 Å². The van der Waals surface area contributed by atoms with Crippen molar-refractivity contribution in [3.8, 4) is 0 Å². The van der Waals surface area contributed by atoms with E-state index in [0.29, 0.717) is 23.4 Å².